The van der Waals surface area contributed by atoms with Gasteiger partial charge in [0.1, 0.15) is 22.7 Å². The van der Waals surface area contributed by atoms with Crippen LogP contribution < -0.4 is 32.4 Å². The SMILES string of the molecule is COc1c(C(N)=O)ccc2c1nc(-c1ccc(Cl)cc1C(=N)OC(N)=O)n2CCn1c(-c2ccc(Cl)cc2-c2n[nH]c(=O)o2)nc2c(OC)c(C(N)=O)ccc21. The summed E-state index contributed by atoms with van der Waals surface area (Å²) in [6.45, 7) is 0.226. The first-order chi connectivity index (χ1) is 26.8. The lowest BCUT2D eigenvalue weighted by molar-refractivity contribution is 0.0989. The lowest BCUT2D eigenvalue weighted by atomic mass is 10.1. The van der Waals surface area contributed by atoms with E-state index in [1.54, 1.807) is 47.0 Å². The standard InChI is InChI=1S/C36H28Cl2N10O8/c1-53-27-19(29(39)49)7-9-23-25(27)43-32(17-5-3-15(37)13-21(17)31(41)55-35(42)51)47(23)11-12-48-24-10-8-20(30(40)50)28(54-2)26(24)44-33(48)18-6-4-16(38)14-22(18)34-45-46-36(52)56-34/h3-10,13-14,41H,11-12H2,1-2H3,(H2,39,49)(H2,40,50)(H2,42,51)(H,46,52). The first-order valence-electron chi connectivity index (χ1n) is 16.3. The molecule has 4 aromatic carbocycles. The number of imidazole rings is 2. The number of aromatic nitrogens is 6. The van der Waals surface area contributed by atoms with Crippen LogP contribution in [0.4, 0.5) is 4.79 Å². The van der Waals surface area contributed by atoms with Crippen molar-refractivity contribution < 1.29 is 33.0 Å². The third kappa shape index (κ3) is 6.52. The van der Waals surface area contributed by atoms with Gasteiger partial charge in [-0.25, -0.2) is 24.7 Å². The molecule has 7 rings (SSSR count). The fourth-order valence-electron chi connectivity index (χ4n) is 6.49. The first-order valence-corrected chi connectivity index (χ1v) is 17.0. The van der Waals surface area contributed by atoms with E-state index >= 15 is 0 Å². The molecule has 0 aliphatic rings. The lowest BCUT2D eigenvalue weighted by Crippen LogP contribution is -2.19. The Hall–Kier alpha value is -7.18. The van der Waals surface area contributed by atoms with Gasteiger partial charge in [-0.2, -0.15) is 0 Å². The maximum Gasteiger partial charge on any atom is 0.434 e. The Bertz CT molecular complexity index is 2840. The van der Waals surface area contributed by atoms with Crippen LogP contribution in [-0.2, 0) is 17.8 Å². The summed E-state index contributed by atoms with van der Waals surface area (Å²) < 4.78 is 25.2. The molecule has 0 saturated heterocycles. The zero-order valence-electron chi connectivity index (χ0n) is 29.2. The van der Waals surface area contributed by atoms with Crippen LogP contribution in [0.2, 0.25) is 10.0 Å². The number of carbonyl (C=O) groups excluding carboxylic acids is 3. The highest BCUT2D eigenvalue weighted by Gasteiger charge is 2.27. The fraction of sp³-hybridized carbons (Fsp3) is 0.111. The van der Waals surface area contributed by atoms with Crippen molar-refractivity contribution in [3.8, 4) is 45.7 Å². The molecule has 56 heavy (non-hydrogen) atoms. The zero-order chi connectivity index (χ0) is 40.0. The molecule has 18 nitrogen and oxygen atoms in total. The Balaban J connectivity index is 1.49. The van der Waals surface area contributed by atoms with Crippen LogP contribution in [0.15, 0.2) is 69.9 Å². The van der Waals surface area contributed by atoms with Crippen molar-refractivity contribution in [2.24, 2.45) is 17.2 Å². The minimum atomic E-state index is -1.22. The van der Waals surface area contributed by atoms with Crippen LogP contribution in [0, 0.1) is 5.41 Å². The second-order valence-electron chi connectivity index (χ2n) is 12.0. The van der Waals surface area contributed by atoms with E-state index in [4.69, 9.17) is 74.4 Å². The normalized spacial score (nSPS) is 11.2. The maximum atomic E-state index is 12.4. The van der Waals surface area contributed by atoms with Crippen molar-refractivity contribution >= 4 is 69.1 Å². The van der Waals surface area contributed by atoms with Crippen LogP contribution in [0.1, 0.15) is 26.3 Å². The number of nitrogens with two attached hydrogens (primary N) is 3. The van der Waals surface area contributed by atoms with E-state index in [2.05, 4.69) is 10.2 Å². The molecule has 7 aromatic rings. The second kappa shape index (κ2) is 14.6. The van der Waals surface area contributed by atoms with E-state index in [-0.39, 0.29) is 69.1 Å². The molecule has 3 amide bonds. The number of ether oxygens (including phenoxy) is 3. The molecule has 0 aliphatic carbocycles. The van der Waals surface area contributed by atoms with Gasteiger partial charge < -0.3 is 45.0 Å². The van der Waals surface area contributed by atoms with Gasteiger partial charge in [0.15, 0.2) is 11.5 Å². The number of H-pyrrole nitrogens is 1. The first kappa shape index (κ1) is 37.1. The van der Waals surface area contributed by atoms with Crippen LogP contribution in [0.5, 0.6) is 11.5 Å². The van der Waals surface area contributed by atoms with Crippen molar-refractivity contribution in [3.63, 3.8) is 0 Å². The molecule has 3 aromatic heterocycles. The predicted octanol–water partition coefficient (Wildman–Crippen LogP) is 4.71. The monoisotopic (exact) mass is 798 g/mol. The van der Waals surface area contributed by atoms with Gasteiger partial charge in [0.05, 0.1) is 41.9 Å². The highest BCUT2D eigenvalue weighted by molar-refractivity contribution is 6.31. The molecule has 8 N–H and O–H groups in total. The Labute approximate surface area is 324 Å². The number of nitrogens with zero attached hydrogens (tertiary/aromatic N) is 5. The summed E-state index contributed by atoms with van der Waals surface area (Å²) in [6.07, 6.45) is -1.22. The number of rotatable bonds is 11. The van der Waals surface area contributed by atoms with Crippen LogP contribution in [-0.4, -0.2) is 67.3 Å². The third-order valence-corrected chi connectivity index (χ3v) is 9.27. The molecule has 0 fully saturated rings. The largest absolute Gasteiger partial charge is 0.494 e. The Morgan fingerprint density at radius 3 is 1.75 bits per heavy atom. The summed E-state index contributed by atoms with van der Waals surface area (Å²) in [5.41, 5.74) is 19.4. The summed E-state index contributed by atoms with van der Waals surface area (Å²) in [5.74, 6) is -2.17. The van der Waals surface area contributed by atoms with E-state index in [0.717, 1.165) is 0 Å². The van der Waals surface area contributed by atoms with Crippen molar-refractivity contribution in [2.75, 3.05) is 14.2 Å². The highest BCUT2D eigenvalue weighted by Crippen LogP contribution is 2.39. The number of amides is 3. The molecule has 0 bridgehead atoms. The number of hydrogen-bond donors (Lipinski definition) is 5. The molecular formula is C36H28Cl2N10O8. The smallest absolute Gasteiger partial charge is 0.434 e. The molecule has 3 heterocycles. The third-order valence-electron chi connectivity index (χ3n) is 8.80. The molecule has 0 spiro atoms. The quantitative estimate of drug-likeness (QED) is 0.0883. The molecule has 0 aliphatic heterocycles. The Kier molecular flexibility index (Phi) is 9.67. The summed E-state index contributed by atoms with van der Waals surface area (Å²) in [6, 6.07) is 15.7. The number of halogens is 2. The van der Waals surface area contributed by atoms with E-state index in [0.29, 0.717) is 38.6 Å². The van der Waals surface area contributed by atoms with Gasteiger partial charge in [-0.05, 0) is 60.7 Å². The summed E-state index contributed by atoms with van der Waals surface area (Å²) in [4.78, 5) is 58.4. The van der Waals surface area contributed by atoms with Gasteiger partial charge in [-0.1, -0.05) is 23.2 Å². The lowest BCUT2D eigenvalue weighted by Gasteiger charge is -2.16. The number of methoxy groups -OCH3 is 2. The number of carbonyl (C=O) groups is 3. The second-order valence-corrected chi connectivity index (χ2v) is 12.9. The molecular weight excluding hydrogens is 771 g/mol. The number of fused-ring (bicyclic) bond motifs is 2. The van der Waals surface area contributed by atoms with E-state index in [1.807, 2.05) is 4.57 Å². The highest BCUT2D eigenvalue weighted by atomic mass is 35.5. The van der Waals surface area contributed by atoms with Crippen molar-refractivity contribution in [1.29, 1.82) is 5.41 Å². The Morgan fingerprint density at radius 2 is 1.27 bits per heavy atom. The zero-order valence-corrected chi connectivity index (χ0v) is 30.7. The minimum Gasteiger partial charge on any atom is -0.494 e. The van der Waals surface area contributed by atoms with Gasteiger partial charge in [0.25, 0.3) is 11.8 Å². The number of benzene rings is 4. The van der Waals surface area contributed by atoms with Gasteiger partial charge >= 0.3 is 11.8 Å². The van der Waals surface area contributed by atoms with Crippen LogP contribution in [0.25, 0.3) is 56.3 Å². The predicted molar refractivity (Wildman–Crippen MR) is 204 cm³/mol. The van der Waals surface area contributed by atoms with E-state index in [1.165, 1.54) is 32.4 Å². The number of aromatic amines is 1. The van der Waals surface area contributed by atoms with Crippen molar-refractivity contribution in [2.45, 2.75) is 13.1 Å². The summed E-state index contributed by atoms with van der Waals surface area (Å²) in [5, 5.41) is 15.3. The number of nitrogens with one attached hydrogen (secondary N) is 2. The van der Waals surface area contributed by atoms with Crippen LogP contribution in [0.3, 0.4) is 0 Å². The number of hydrogen-bond acceptors (Lipinski definition) is 12. The fourth-order valence-corrected chi connectivity index (χ4v) is 6.83. The molecule has 0 unspecified atom stereocenters. The molecule has 284 valence electrons. The molecule has 0 radical (unpaired) electrons. The van der Waals surface area contributed by atoms with Crippen LogP contribution >= 0.6 is 23.2 Å². The summed E-state index contributed by atoms with van der Waals surface area (Å²) in [7, 11) is 2.75. The average molecular weight is 800 g/mol. The van der Waals surface area contributed by atoms with Gasteiger partial charge in [0.2, 0.25) is 11.8 Å². The number of primary amides is 3. The van der Waals surface area contributed by atoms with Gasteiger partial charge in [-0.3, -0.25) is 15.0 Å². The van der Waals surface area contributed by atoms with Crippen molar-refractivity contribution in [1.82, 2.24) is 29.3 Å². The van der Waals surface area contributed by atoms with E-state index in [9.17, 15) is 19.2 Å². The molecule has 20 heteroatoms. The minimum absolute atomic E-state index is 0.0629. The van der Waals surface area contributed by atoms with Gasteiger partial charge in [0, 0.05) is 39.8 Å². The Morgan fingerprint density at radius 1 is 0.750 bits per heavy atom. The topological polar surface area (TPSA) is 275 Å². The van der Waals surface area contributed by atoms with Crippen molar-refractivity contribution in [3.05, 3.63) is 97.9 Å². The number of aryl methyl sites for hydroxylation is 2. The average Bonchev–Trinajstić information content (AvgIpc) is 3.87. The molecule has 0 atom stereocenters. The molecule has 0 saturated carbocycles. The maximum absolute atomic E-state index is 12.4. The summed E-state index contributed by atoms with van der Waals surface area (Å²) >= 11 is 12.7. The van der Waals surface area contributed by atoms with E-state index < -0.39 is 29.6 Å². The van der Waals surface area contributed by atoms with Gasteiger partial charge in [-0.15, -0.1) is 5.10 Å².